The van der Waals surface area contributed by atoms with Crippen LogP contribution in [0.15, 0.2) is 16.7 Å². The van der Waals surface area contributed by atoms with Gasteiger partial charge in [-0.1, -0.05) is 0 Å². The lowest BCUT2D eigenvalue weighted by Crippen LogP contribution is -2.26. The summed E-state index contributed by atoms with van der Waals surface area (Å²) in [6, 6.07) is 2.05. The maximum absolute atomic E-state index is 10.6. The van der Waals surface area contributed by atoms with Crippen LogP contribution in [0.3, 0.4) is 0 Å². The third-order valence-electron chi connectivity index (χ3n) is 2.83. The lowest BCUT2D eigenvalue weighted by molar-refractivity contribution is 0.0696. The van der Waals surface area contributed by atoms with E-state index in [1.807, 2.05) is 0 Å². The molecule has 0 aromatic carbocycles. The zero-order valence-corrected chi connectivity index (χ0v) is 8.69. The van der Waals surface area contributed by atoms with Crippen molar-refractivity contribution < 1.29 is 14.3 Å². The van der Waals surface area contributed by atoms with E-state index in [-0.39, 0.29) is 5.56 Å². The summed E-state index contributed by atoms with van der Waals surface area (Å²) in [6.45, 7) is 2.75. The molecule has 15 heavy (non-hydrogen) atoms. The van der Waals surface area contributed by atoms with Gasteiger partial charge in [-0.25, -0.2) is 4.79 Å². The van der Waals surface area contributed by atoms with E-state index in [0.717, 1.165) is 5.92 Å². The first-order chi connectivity index (χ1) is 7.16. The molecule has 4 nitrogen and oxygen atoms in total. The Kier molecular flexibility index (Phi) is 2.77. The lowest BCUT2D eigenvalue weighted by atomic mass is 10.2. The maximum atomic E-state index is 10.6. The second kappa shape index (κ2) is 4.06. The number of carboxylic acids is 1. The molecule has 2 N–H and O–H groups in total. The molecule has 1 heterocycles. The smallest absolute Gasteiger partial charge is 0.338 e. The SMILES string of the molecule is CC(NCc1cc(C(=O)O)co1)C1CC1. The van der Waals surface area contributed by atoms with Crippen LogP contribution in [0.4, 0.5) is 0 Å². The molecule has 1 atom stereocenters. The number of aromatic carboxylic acids is 1. The van der Waals surface area contributed by atoms with E-state index in [1.54, 1.807) is 6.07 Å². The molecule has 1 aromatic heterocycles. The van der Waals surface area contributed by atoms with Gasteiger partial charge in [0, 0.05) is 6.04 Å². The number of hydrogen-bond acceptors (Lipinski definition) is 3. The highest BCUT2D eigenvalue weighted by atomic mass is 16.4. The topological polar surface area (TPSA) is 62.5 Å². The first-order valence-electron chi connectivity index (χ1n) is 5.21. The zero-order chi connectivity index (χ0) is 10.8. The fourth-order valence-electron chi connectivity index (χ4n) is 1.61. The van der Waals surface area contributed by atoms with Crippen LogP contribution in [0.5, 0.6) is 0 Å². The van der Waals surface area contributed by atoms with Gasteiger partial charge in [-0.05, 0) is 31.7 Å². The quantitative estimate of drug-likeness (QED) is 0.777. The molecule has 1 aliphatic rings. The lowest BCUT2D eigenvalue weighted by Gasteiger charge is -2.10. The van der Waals surface area contributed by atoms with Crippen LogP contribution in [0.2, 0.25) is 0 Å². The Balaban J connectivity index is 1.84. The third kappa shape index (κ3) is 2.59. The van der Waals surface area contributed by atoms with E-state index in [0.29, 0.717) is 18.3 Å². The molecule has 0 saturated heterocycles. The van der Waals surface area contributed by atoms with Gasteiger partial charge in [0.2, 0.25) is 0 Å². The summed E-state index contributed by atoms with van der Waals surface area (Å²) in [5.74, 6) is 0.527. The molecule has 0 aliphatic heterocycles. The molecular weight excluding hydrogens is 194 g/mol. The second-order valence-corrected chi connectivity index (χ2v) is 4.11. The van der Waals surface area contributed by atoms with Gasteiger partial charge in [-0.2, -0.15) is 0 Å². The summed E-state index contributed by atoms with van der Waals surface area (Å²) in [6.07, 6.45) is 3.88. The van der Waals surface area contributed by atoms with Crippen molar-refractivity contribution in [3.63, 3.8) is 0 Å². The highest BCUT2D eigenvalue weighted by molar-refractivity contribution is 5.87. The largest absolute Gasteiger partial charge is 0.478 e. The highest BCUT2D eigenvalue weighted by Gasteiger charge is 2.27. The summed E-state index contributed by atoms with van der Waals surface area (Å²) in [5.41, 5.74) is 0.214. The number of hydrogen-bond donors (Lipinski definition) is 2. The van der Waals surface area contributed by atoms with Gasteiger partial charge in [0.1, 0.15) is 12.0 Å². The van der Waals surface area contributed by atoms with E-state index < -0.39 is 5.97 Å². The standard InChI is InChI=1S/C11H15NO3/c1-7(8-2-3-8)12-5-10-4-9(6-15-10)11(13)14/h4,6-8,12H,2-3,5H2,1H3,(H,13,14). The van der Waals surface area contributed by atoms with Crippen LogP contribution in [0.25, 0.3) is 0 Å². The Hall–Kier alpha value is -1.29. The number of rotatable bonds is 5. The minimum atomic E-state index is -0.944. The van der Waals surface area contributed by atoms with E-state index in [9.17, 15) is 4.79 Å². The summed E-state index contributed by atoms with van der Waals surface area (Å²) in [4.78, 5) is 10.6. The second-order valence-electron chi connectivity index (χ2n) is 4.11. The third-order valence-corrected chi connectivity index (χ3v) is 2.83. The van der Waals surface area contributed by atoms with E-state index in [1.165, 1.54) is 19.1 Å². The van der Waals surface area contributed by atoms with Crippen LogP contribution in [-0.4, -0.2) is 17.1 Å². The minimum Gasteiger partial charge on any atom is -0.478 e. The fraction of sp³-hybridized carbons (Fsp3) is 0.545. The maximum Gasteiger partial charge on any atom is 0.338 e. The minimum absolute atomic E-state index is 0.214. The molecule has 1 saturated carbocycles. The Labute approximate surface area is 88.3 Å². The van der Waals surface area contributed by atoms with Crippen molar-refractivity contribution in [1.82, 2.24) is 5.32 Å². The van der Waals surface area contributed by atoms with Crippen LogP contribution >= 0.6 is 0 Å². The van der Waals surface area contributed by atoms with Gasteiger partial charge >= 0.3 is 5.97 Å². The molecule has 4 heteroatoms. The Morgan fingerprint density at radius 2 is 2.47 bits per heavy atom. The summed E-state index contributed by atoms with van der Waals surface area (Å²) < 4.78 is 5.13. The van der Waals surface area contributed by atoms with Gasteiger partial charge in [0.15, 0.2) is 0 Å². The number of carboxylic acid groups (broad SMARTS) is 1. The van der Waals surface area contributed by atoms with Crippen molar-refractivity contribution in [2.24, 2.45) is 5.92 Å². The van der Waals surface area contributed by atoms with Crippen molar-refractivity contribution in [3.05, 3.63) is 23.7 Å². The Morgan fingerprint density at radius 1 is 1.73 bits per heavy atom. The predicted octanol–water partition coefficient (Wildman–Crippen LogP) is 1.87. The number of carbonyl (C=O) groups is 1. The molecule has 1 unspecified atom stereocenters. The average Bonchev–Trinajstić information content (AvgIpc) is 2.93. The number of furan rings is 1. The Morgan fingerprint density at radius 3 is 3.00 bits per heavy atom. The first kappa shape index (κ1) is 10.2. The molecule has 1 aliphatic carbocycles. The molecule has 1 aromatic rings. The monoisotopic (exact) mass is 209 g/mol. The Bertz CT molecular complexity index is 354. The first-order valence-corrected chi connectivity index (χ1v) is 5.21. The normalized spacial score (nSPS) is 17.7. The van der Waals surface area contributed by atoms with Crippen molar-refractivity contribution >= 4 is 5.97 Å². The molecular formula is C11H15NO3. The van der Waals surface area contributed by atoms with Gasteiger partial charge in [-0.15, -0.1) is 0 Å². The van der Waals surface area contributed by atoms with Crippen molar-refractivity contribution in [3.8, 4) is 0 Å². The fourth-order valence-corrected chi connectivity index (χ4v) is 1.61. The van der Waals surface area contributed by atoms with Crippen LogP contribution < -0.4 is 5.32 Å². The van der Waals surface area contributed by atoms with Crippen LogP contribution in [0, 0.1) is 5.92 Å². The van der Waals surface area contributed by atoms with Gasteiger partial charge in [-0.3, -0.25) is 0 Å². The number of nitrogens with one attached hydrogen (secondary N) is 1. The van der Waals surface area contributed by atoms with E-state index in [4.69, 9.17) is 9.52 Å². The summed E-state index contributed by atoms with van der Waals surface area (Å²) >= 11 is 0. The summed E-state index contributed by atoms with van der Waals surface area (Å²) in [5, 5.41) is 12.0. The van der Waals surface area contributed by atoms with Crippen LogP contribution in [0.1, 0.15) is 35.9 Å². The molecule has 0 spiro atoms. The molecule has 1 fully saturated rings. The van der Waals surface area contributed by atoms with Gasteiger partial charge < -0.3 is 14.8 Å². The van der Waals surface area contributed by atoms with Gasteiger partial charge in [0.25, 0.3) is 0 Å². The summed E-state index contributed by atoms with van der Waals surface area (Å²) in [7, 11) is 0. The van der Waals surface area contributed by atoms with Crippen molar-refractivity contribution in [2.75, 3.05) is 0 Å². The van der Waals surface area contributed by atoms with Crippen molar-refractivity contribution in [2.45, 2.75) is 32.4 Å². The molecule has 2 rings (SSSR count). The highest BCUT2D eigenvalue weighted by Crippen LogP contribution is 2.32. The van der Waals surface area contributed by atoms with Crippen LogP contribution in [-0.2, 0) is 6.54 Å². The molecule has 0 amide bonds. The molecule has 0 bridgehead atoms. The zero-order valence-electron chi connectivity index (χ0n) is 8.69. The predicted molar refractivity (Wildman–Crippen MR) is 54.7 cm³/mol. The average molecular weight is 209 g/mol. The van der Waals surface area contributed by atoms with Gasteiger partial charge in [0.05, 0.1) is 12.1 Å². The van der Waals surface area contributed by atoms with E-state index in [2.05, 4.69) is 12.2 Å². The van der Waals surface area contributed by atoms with Crippen molar-refractivity contribution in [1.29, 1.82) is 0 Å². The molecule has 0 radical (unpaired) electrons. The molecule has 82 valence electrons. The van der Waals surface area contributed by atoms with E-state index >= 15 is 0 Å².